The molecule has 0 saturated carbocycles. The van der Waals surface area contributed by atoms with Gasteiger partial charge in [0.25, 0.3) is 0 Å². The smallest absolute Gasteiger partial charge is 0.306 e. The fourth-order valence-corrected chi connectivity index (χ4v) is 8.13. The van der Waals surface area contributed by atoms with Crippen molar-refractivity contribution in [3.63, 3.8) is 0 Å². The minimum atomic E-state index is -0.795. The van der Waals surface area contributed by atoms with Crippen LogP contribution < -0.4 is 0 Å². The standard InChI is InChI=1S/C68H112O6/c1-4-7-10-13-16-19-22-24-26-28-30-31-32-33-34-35-36-37-39-40-42-44-46-49-52-55-58-61-67(70)73-64-65(63-72-66(69)60-57-54-51-48-21-18-15-12-9-6-3)74-68(71)62-59-56-53-50-47-45-43-41-38-29-27-25-23-20-17-14-11-8-5-2/h7,10,16-17,19-20,24-27,30-31,33-34,36-38,40-42,65H,4-6,8-9,11-15,18,21-23,28-29,32,35,39,43-64H2,1-3H3/b10-7-,19-16-,20-17-,26-24-,27-25-,31-30-,34-33-,37-36-,41-38-,42-40-. The van der Waals surface area contributed by atoms with Gasteiger partial charge < -0.3 is 14.2 Å². The fraction of sp³-hybridized carbons (Fsp3) is 0.662. The molecule has 1 unspecified atom stereocenters. The zero-order chi connectivity index (χ0) is 53.6. The Hall–Kier alpha value is -4.19. The predicted molar refractivity (Wildman–Crippen MR) is 320 cm³/mol. The van der Waals surface area contributed by atoms with Gasteiger partial charge >= 0.3 is 17.9 Å². The molecule has 0 radical (unpaired) electrons. The summed E-state index contributed by atoms with van der Waals surface area (Å²) in [6, 6.07) is 0. The molecule has 0 N–H and O–H groups in total. The molecule has 0 fully saturated rings. The van der Waals surface area contributed by atoms with Crippen LogP contribution in [0.5, 0.6) is 0 Å². The number of ether oxygens (including phenoxy) is 3. The van der Waals surface area contributed by atoms with Crippen LogP contribution in [0.2, 0.25) is 0 Å². The Kier molecular flexibility index (Phi) is 57.9. The van der Waals surface area contributed by atoms with E-state index in [-0.39, 0.29) is 31.1 Å². The van der Waals surface area contributed by atoms with Gasteiger partial charge in [-0.2, -0.15) is 0 Å². The lowest BCUT2D eigenvalue weighted by Crippen LogP contribution is -2.30. The zero-order valence-corrected chi connectivity index (χ0v) is 48.1. The number of carbonyl (C=O) groups excluding carboxylic acids is 3. The Balaban J connectivity index is 4.36. The maximum atomic E-state index is 12.9. The number of allylic oxidation sites excluding steroid dienone is 20. The van der Waals surface area contributed by atoms with Gasteiger partial charge in [0.2, 0.25) is 0 Å². The monoisotopic (exact) mass is 1020 g/mol. The average molecular weight is 1030 g/mol. The van der Waals surface area contributed by atoms with E-state index >= 15 is 0 Å². The van der Waals surface area contributed by atoms with E-state index in [4.69, 9.17) is 14.2 Å². The molecule has 0 aliphatic rings. The van der Waals surface area contributed by atoms with Crippen LogP contribution in [-0.4, -0.2) is 37.2 Å². The normalized spacial score (nSPS) is 13.0. The number of rotatable bonds is 54. The molecule has 0 heterocycles. The summed E-state index contributed by atoms with van der Waals surface area (Å²) in [5.41, 5.74) is 0. The topological polar surface area (TPSA) is 78.9 Å². The predicted octanol–water partition coefficient (Wildman–Crippen LogP) is 20.8. The van der Waals surface area contributed by atoms with Gasteiger partial charge in [-0.25, -0.2) is 0 Å². The summed E-state index contributed by atoms with van der Waals surface area (Å²) in [6.07, 6.45) is 84.8. The summed E-state index contributed by atoms with van der Waals surface area (Å²) in [4.78, 5) is 38.2. The lowest BCUT2D eigenvalue weighted by Gasteiger charge is -2.18. The van der Waals surface area contributed by atoms with E-state index < -0.39 is 6.10 Å². The number of hydrogen-bond acceptors (Lipinski definition) is 6. The lowest BCUT2D eigenvalue weighted by atomic mass is 10.1. The molecule has 74 heavy (non-hydrogen) atoms. The van der Waals surface area contributed by atoms with Crippen molar-refractivity contribution in [2.75, 3.05) is 13.2 Å². The van der Waals surface area contributed by atoms with E-state index in [0.29, 0.717) is 19.3 Å². The second kappa shape index (κ2) is 61.4. The first-order valence-corrected chi connectivity index (χ1v) is 30.5. The minimum Gasteiger partial charge on any atom is -0.462 e. The lowest BCUT2D eigenvalue weighted by molar-refractivity contribution is -0.167. The maximum Gasteiger partial charge on any atom is 0.306 e. The molecule has 0 aliphatic heterocycles. The number of hydrogen-bond donors (Lipinski definition) is 0. The summed E-state index contributed by atoms with van der Waals surface area (Å²) >= 11 is 0. The summed E-state index contributed by atoms with van der Waals surface area (Å²) in [5, 5.41) is 0. The second-order valence-electron chi connectivity index (χ2n) is 19.9. The van der Waals surface area contributed by atoms with Gasteiger partial charge in [-0.3, -0.25) is 14.4 Å². The van der Waals surface area contributed by atoms with Crippen molar-refractivity contribution in [1.29, 1.82) is 0 Å². The van der Waals surface area contributed by atoms with Crippen LogP contribution in [0.1, 0.15) is 271 Å². The van der Waals surface area contributed by atoms with Crippen molar-refractivity contribution in [1.82, 2.24) is 0 Å². The van der Waals surface area contributed by atoms with Crippen molar-refractivity contribution < 1.29 is 28.6 Å². The summed E-state index contributed by atoms with van der Waals surface area (Å²) in [6.45, 7) is 6.46. The Bertz CT molecular complexity index is 1550. The van der Waals surface area contributed by atoms with Crippen LogP contribution in [0.3, 0.4) is 0 Å². The molecule has 0 spiro atoms. The minimum absolute atomic E-state index is 0.0906. The van der Waals surface area contributed by atoms with Crippen molar-refractivity contribution in [3.05, 3.63) is 122 Å². The molecule has 6 heteroatoms. The average Bonchev–Trinajstić information content (AvgIpc) is 3.40. The summed E-state index contributed by atoms with van der Waals surface area (Å²) in [7, 11) is 0. The van der Waals surface area contributed by atoms with E-state index in [1.165, 1.54) is 83.5 Å². The van der Waals surface area contributed by atoms with Gasteiger partial charge in [0.15, 0.2) is 6.10 Å². The molecule has 0 amide bonds. The quantitative estimate of drug-likeness (QED) is 0.0261. The van der Waals surface area contributed by atoms with E-state index in [0.717, 1.165) is 148 Å². The van der Waals surface area contributed by atoms with Crippen molar-refractivity contribution in [2.24, 2.45) is 0 Å². The first-order chi connectivity index (χ1) is 36.5. The molecule has 0 aromatic heterocycles. The highest BCUT2D eigenvalue weighted by Gasteiger charge is 2.19. The Morgan fingerprint density at radius 1 is 0.284 bits per heavy atom. The van der Waals surface area contributed by atoms with Crippen molar-refractivity contribution in [2.45, 2.75) is 277 Å². The molecule has 0 rings (SSSR count). The molecule has 420 valence electrons. The highest BCUT2D eigenvalue weighted by molar-refractivity contribution is 5.71. The molecule has 6 nitrogen and oxygen atoms in total. The van der Waals surface area contributed by atoms with Crippen molar-refractivity contribution in [3.8, 4) is 0 Å². The van der Waals surface area contributed by atoms with Gasteiger partial charge in [0.1, 0.15) is 13.2 Å². The molecule has 0 saturated heterocycles. The zero-order valence-electron chi connectivity index (χ0n) is 48.1. The highest BCUT2D eigenvalue weighted by Crippen LogP contribution is 2.14. The van der Waals surface area contributed by atoms with Crippen molar-refractivity contribution >= 4 is 17.9 Å². The summed E-state index contributed by atoms with van der Waals surface area (Å²) in [5.74, 6) is -0.924. The third-order valence-corrected chi connectivity index (χ3v) is 12.7. The molecule has 0 aliphatic carbocycles. The Morgan fingerprint density at radius 2 is 0.527 bits per heavy atom. The van der Waals surface area contributed by atoms with Crippen LogP contribution in [0, 0.1) is 0 Å². The van der Waals surface area contributed by atoms with Gasteiger partial charge in [0, 0.05) is 19.3 Å². The number of carbonyl (C=O) groups is 3. The highest BCUT2D eigenvalue weighted by atomic mass is 16.6. The summed E-state index contributed by atoms with van der Waals surface area (Å²) < 4.78 is 16.8. The van der Waals surface area contributed by atoms with Crippen LogP contribution in [0.4, 0.5) is 0 Å². The fourth-order valence-electron chi connectivity index (χ4n) is 8.13. The van der Waals surface area contributed by atoms with Crippen LogP contribution in [-0.2, 0) is 28.6 Å². The maximum absolute atomic E-state index is 12.9. The van der Waals surface area contributed by atoms with Crippen LogP contribution in [0.25, 0.3) is 0 Å². The number of unbranched alkanes of at least 4 members (excludes halogenated alkanes) is 23. The largest absolute Gasteiger partial charge is 0.462 e. The van der Waals surface area contributed by atoms with Gasteiger partial charge in [-0.05, 0) is 116 Å². The van der Waals surface area contributed by atoms with E-state index in [1.54, 1.807) is 0 Å². The molecule has 0 aromatic rings. The first-order valence-electron chi connectivity index (χ1n) is 30.5. The molecule has 0 aromatic carbocycles. The van der Waals surface area contributed by atoms with Gasteiger partial charge in [0.05, 0.1) is 0 Å². The van der Waals surface area contributed by atoms with E-state index in [9.17, 15) is 14.4 Å². The number of esters is 3. The van der Waals surface area contributed by atoms with Crippen LogP contribution >= 0.6 is 0 Å². The Labute approximate surface area is 456 Å². The molecule has 0 bridgehead atoms. The Morgan fingerprint density at radius 3 is 0.851 bits per heavy atom. The molecule has 1 atom stereocenters. The third kappa shape index (κ3) is 58.7. The van der Waals surface area contributed by atoms with Gasteiger partial charge in [-0.1, -0.05) is 258 Å². The molecular formula is C68H112O6. The molecular weight excluding hydrogens is 913 g/mol. The van der Waals surface area contributed by atoms with E-state index in [1.807, 2.05) is 0 Å². The third-order valence-electron chi connectivity index (χ3n) is 12.7. The van der Waals surface area contributed by atoms with Crippen LogP contribution in [0.15, 0.2) is 122 Å². The SMILES string of the molecule is CC/C=C\C/C=C\C/C=C\C/C=C\C/C=C\C/C=C\C/C=C\CCCCCCCC(=O)OCC(COC(=O)CCCCCCCCCCCC)OC(=O)CCCCCCCC/C=C\C/C=C\C/C=C\CCCCC. The second-order valence-corrected chi connectivity index (χ2v) is 19.9. The van der Waals surface area contributed by atoms with E-state index in [2.05, 4.69) is 142 Å². The van der Waals surface area contributed by atoms with Gasteiger partial charge in [-0.15, -0.1) is 0 Å². The first kappa shape index (κ1) is 69.8.